The number of carbonyl (C=O) groups is 2. The van der Waals surface area contributed by atoms with Gasteiger partial charge in [-0.25, -0.2) is 10.0 Å². The zero-order valence-electron chi connectivity index (χ0n) is 25.3. The molecule has 0 spiro atoms. The first-order valence-corrected chi connectivity index (χ1v) is 14.5. The van der Waals surface area contributed by atoms with Gasteiger partial charge in [-0.2, -0.15) is 0 Å². The number of anilines is 2. The van der Waals surface area contributed by atoms with Gasteiger partial charge in [-0.05, 0) is 68.9 Å². The zero-order chi connectivity index (χ0) is 30.0. The fourth-order valence-corrected chi connectivity index (χ4v) is 5.31. The van der Waals surface area contributed by atoms with Crippen molar-refractivity contribution in [2.75, 3.05) is 37.8 Å². The maximum Gasteiger partial charge on any atom is 0.258 e. The van der Waals surface area contributed by atoms with Gasteiger partial charge in [0.25, 0.3) is 11.8 Å². The van der Waals surface area contributed by atoms with Crippen molar-refractivity contribution < 1.29 is 19.4 Å². The Kier molecular flexibility index (Phi) is 11.5. The molecule has 3 aromatic carbocycles. The predicted molar refractivity (Wildman–Crippen MR) is 166 cm³/mol. The van der Waals surface area contributed by atoms with Gasteiger partial charge in [-0.1, -0.05) is 82.1 Å². The van der Waals surface area contributed by atoms with E-state index >= 15 is 0 Å². The molecule has 0 unspecified atom stereocenters. The lowest BCUT2D eigenvalue weighted by Gasteiger charge is -2.35. The summed E-state index contributed by atoms with van der Waals surface area (Å²) in [6.45, 7) is 7.02. The van der Waals surface area contributed by atoms with Crippen LogP contribution in [0.4, 0.5) is 11.4 Å². The number of carbonyl (C=O) groups excluding carboxylic acids is 2. The molecular formula is C34H45N3O4. The maximum absolute atomic E-state index is 12.9. The molecule has 0 radical (unpaired) electrons. The van der Waals surface area contributed by atoms with Crippen molar-refractivity contribution in [1.29, 1.82) is 0 Å². The maximum atomic E-state index is 12.9. The van der Waals surface area contributed by atoms with Gasteiger partial charge < -0.3 is 14.7 Å². The number of nitrogens with zero attached hydrogens (tertiary/aromatic N) is 3. The summed E-state index contributed by atoms with van der Waals surface area (Å²) in [4.78, 5) is 27.8. The first kappa shape index (κ1) is 31.8. The number of hydrogen-bond donors (Lipinski definition) is 1. The minimum Gasteiger partial charge on any atom is -0.497 e. The molecule has 1 fully saturated rings. The number of hydrogen-bond acceptors (Lipinski definition) is 5. The number of para-hydroxylation sites is 2. The molecule has 7 nitrogen and oxygen atoms in total. The highest BCUT2D eigenvalue weighted by Crippen LogP contribution is 2.35. The Morgan fingerprint density at radius 2 is 1.41 bits per heavy atom. The normalized spacial score (nSPS) is 15.9. The lowest BCUT2D eigenvalue weighted by molar-refractivity contribution is -0.127. The Balaban J connectivity index is 0.000000233. The quantitative estimate of drug-likeness (QED) is 0.280. The van der Waals surface area contributed by atoms with Gasteiger partial charge in [-0.15, -0.1) is 0 Å². The van der Waals surface area contributed by atoms with Crippen molar-refractivity contribution in [2.45, 2.75) is 52.1 Å². The number of ether oxygens (including phenoxy) is 1. The minimum absolute atomic E-state index is 0.140. The molecule has 3 aromatic rings. The third-order valence-electron chi connectivity index (χ3n) is 7.62. The van der Waals surface area contributed by atoms with E-state index in [1.165, 1.54) is 10.0 Å². The number of methoxy groups -OCH3 is 1. The van der Waals surface area contributed by atoms with Crippen LogP contribution in [0.5, 0.6) is 5.75 Å². The Hall–Kier alpha value is -3.68. The lowest BCUT2D eigenvalue weighted by Crippen LogP contribution is -2.41. The van der Waals surface area contributed by atoms with Crippen molar-refractivity contribution in [2.24, 2.45) is 11.8 Å². The molecule has 1 aliphatic rings. The van der Waals surface area contributed by atoms with Crippen LogP contribution in [0.15, 0.2) is 84.9 Å². The van der Waals surface area contributed by atoms with Crippen LogP contribution in [0.2, 0.25) is 0 Å². The van der Waals surface area contributed by atoms with E-state index in [2.05, 4.69) is 18.7 Å². The summed E-state index contributed by atoms with van der Waals surface area (Å²) < 4.78 is 5.23. The SMILES string of the molecule is CCCCC1C(=O)N(c2ccccc2)N(c2ccccc2)C1=O.CC[C@](O)(c1cccc(OC)c1)[C@H](C)CN(C)C. The molecule has 7 heteroatoms. The number of unbranched alkanes of at least 4 members (excludes halogenated alkanes) is 1. The molecule has 1 N–H and O–H groups in total. The standard InChI is InChI=1S/C19H20N2O2.C15H25NO2/c1-2-3-14-17-18(22)20(15-10-6-4-7-11-15)21(19(17)23)16-12-8-5-9-13-16;1-6-15(17,12(2)11-16(3)4)13-8-7-9-14(10-13)18-5/h4-13,17H,2-3,14H2,1H3;7-10,12,17H,6,11H2,1-5H3/t;12-,15-/m.1/s1. The average molecular weight is 560 g/mol. The Bertz CT molecular complexity index is 1190. The number of amides is 2. The summed E-state index contributed by atoms with van der Waals surface area (Å²) in [7, 11) is 5.70. The van der Waals surface area contributed by atoms with E-state index in [4.69, 9.17) is 4.74 Å². The topological polar surface area (TPSA) is 73.3 Å². The van der Waals surface area contributed by atoms with Crippen LogP contribution in [0.1, 0.15) is 52.0 Å². The molecule has 0 bridgehead atoms. The Morgan fingerprint density at radius 1 is 0.878 bits per heavy atom. The molecule has 0 saturated carbocycles. The van der Waals surface area contributed by atoms with Gasteiger partial charge in [0.2, 0.25) is 0 Å². The van der Waals surface area contributed by atoms with E-state index in [9.17, 15) is 14.7 Å². The van der Waals surface area contributed by atoms with Gasteiger partial charge >= 0.3 is 0 Å². The van der Waals surface area contributed by atoms with Gasteiger partial charge in [-0.3, -0.25) is 9.59 Å². The van der Waals surface area contributed by atoms with Crippen LogP contribution < -0.4 is 14.8 Å². The number of benzene rings is 3. The second kappa shape index (κ2) is 14.8. The second-order valence-electron chi connectivity index (χ2n) is 10.8. The highest BCUT2D eigenvalue weighted by atomic mass is 16.5. The van der Waals surface area contributed by atoms with Crippen molar-refractivity contribution in [3.05, 3.63) is 90.5 Å². The summed E-state index contributed by atoms with van der Waals surface area (Å²) >= 11 is 0. The highest BCUT2D eigenvalue weighted by Gasteiger charge is 2.46. The lowest BCUT2D eigenvalue weighted by atomic mass is 9.80. The van der Waals surface area contributed by atoms with Crippen LogP contribution in [0.25, 0.3) is 0 Å². The van der Waals surface area contributed by atoms with Crippen LogP contribution in [-0.4, -0.2) is 49.6 Å². The van der Waals surface area contributed by atoms with E-state index in [0.29, 0.717) is 24.2 Å². The average Bonchev–Trinajstić information content (AvgIpc) is 3.25. The number of rotatable bonds is 11. The molecule has 41 heavy (non-hydrogen) atoms. The van der Waals surface area contributed by atoms with Crippen molar-refractivity contribution in [3.8, 4) is 5.75 Å². The Morgan fingerprint density at radius 3 is 1.85 bits per heavy atom. The zero-order valence-corrected chi connectivity index (χ0v) is 25.3. The monoisotopic (exact) mass is 559 g/mol. The molecule has 1 heterocycles. The third kappa shape index (κ3) is 7.54. The van der Waals surface area contributed by atoms with Gasteiger partial charge in [0, 0.05) is 12.5 Å². The first-order valence-electron chi connectivity index (χ1n) is 14.5. The molecule has 1 saturated heterocycles. The van der Waals surface area contributed by atoms with Crippen molar-refractivity contribution >= 4 is 23.2 Å². The predicted octanol–water partition coefficient (Wildman–Crippen LogP) is 6.28. The summed E-state index contributed by atoms with van der Waals surface area (Å²) in [5, 5.41) is 14.0. The molecule has 0 aliphatic carbocycles. The van der Waals surface area contributed by atoms with E-state index in [1.54, 1.807) is 7.11 Å². The van der Waals surface area contributed by atoms with Crippen LogP contribution in [-0.2, 0) is 15.2 Å². The van der Waals surface area contributed by atoms with E-state index < -0.39 is 11.5 Å². The fraction of sp³-hybridized carbons (Fsp3) is 0.412. The number of aliphatic hydroxyl groups is 1. The molecule has 4 rings (SSSR count). The summed E-state index contributed by atoms with van der Waals surface area (Å²) in [6.07, 6.45) is 3.12. The summed E-state index contributed by atoms with van der Waals surface area (Å²) in [5.41, 5.74) is 1.56. The third-order valence-corrected chi connectivity index (χ3v) is 7.62. The molecule has 2 atom stereocenters. The number of hydrazine groups is 1. The molecule has 0 aromatic heterocycles. The first-order chi connectivity index (χ1) is 19.7. The van der Waals surface area contributed by atoms with E-state index in [0.717, 1.165) is 30.7 Å². The van der Waals surface area contributed by atoms with E-state index in [1.807, 2.05) is 106 Å². The fourth-order valence-electron chi connectivity index (χ4n) is 5.31. The molecule has 1 aliphatic heterocycles. The van der Waals surface area contributed by atoms with Crippen LogP contribution in [0, 0.1) is 11.8 Å². The molecule has 2 amide bonds. The molecular weight excluding hydrogens is 514 g/mol. The van der Waals surface area contributed by atoms with Crippen LogP contribution in [0.3, 0.4) is 0 Å². The highest BCUT2D eigenvalue weighted by molar-refractivity contribution is 6.22. The summed E-state index contributed by atoms with van der Waals surface area (Å²) in [6, 6.07) is 26.4. The largest absolute Gasteiger partial charge is 0.497 e. The summed E-state index contributed by atoms with van der Waals surface area (Å²) in [5.74, 6) is 0.0772. The Labute approximate surface area is 245 Å². The van der Waals surface area contributed by atoms with Gasteiger partial charge in [0.1, 0.15) is 11.7 Å². The second-order valence-corrected chi connectivity index (χ2v) is 10.8. The van der Waals surface area contributed by atoms with Gasteiger partial charge in [0.15, 0.2) is 0 Å². The van der Waals surface area contributed by atoms with Crippen LogP contribution >= 0.6 is 0 Å². The smallest absolute Gasteiger partial charge is 0.258 e. The van der Waals surface area contributed by atoms with Gasteiger partial charge in [0.05, 0.1) is 24.1 Å². The van der Waals surface area contributed by atoms with Crippen molar-refractivity contribution in [1.82, 2.24) is 4.90 Å². The van der Waals surface area contributed by atoms with Crippen molar-refractivity contribution in [3.63, 3.8) is 0 Å². The minimum atomic E-state index is -0.807. The van der Waals surface area contributed by atoms with E-state index in [-0.39, 0.29) is 17.7 Å². The molecule has 220 valence electrons.